The molecule has 10 heteroatoms. The highest BCUT2D eigenvalue weighted by atomic mass is 16.5. The van der Waals surface area contributed by atoms with Crippen molar-refractivity contribution in [1.82, 2.24) is 9.80 Å². The summed E-state index contributed by atoms with van der Waals surface area (Å²) in [6.45, 7) is 53.3. The van der Waals surface area contributed by atoms with E-state index in [1.807, 2.05) is 76.2 Å². The highest BCUT2D eigenvalue weighted by Crippen LogP contribution is 2.59. The summed E-state index contributed by atoms with van der Waals surface area (Å²) < 4.78 is 29.9. The maximum absolute atomic E-state index is 16.0. The molecule has 0 saturated heterocycles. The van der Waals surface area contributed by atoms with E-state index in [-0.39, 0.29) is 65.6 Å². The number of rotatable bonds is 22. The van der Waals surface area contributed by atoms with E-state index in [0.717, 1.165) is 47.9 Å². The molecule has 2 heterocycles. The number of nitrogens with zero attached hydrogens (tertiary/aromatic N) is 2. The van der Waals surface area contributed by atoms with Gasteiger partial charge in [-0.05, 0) is 190 Å². The van der Waals surface area contributed by atoms with Crippen LogP contribution in [0.15, 0.2) is 121 Å². The lowest BCUT2D eigenvalue weighted by Gasteiger charge is -2.36. The highest BCUT2D eigenvalue weighted by molar-refractivity contribution is 6.45. The minimum atomic E-state index is -0.444. The number of amides is 4. The van der Waals surface area contributed by atoms with E-state index in [4.69, 9.17) is 18.9 Å². The van der Waals surface area contributed by atoms with Crippen LogP contribution in [-0.2, 0) is 21.7 Å². The Balaban J connectivity index is 1.33. The summed E-state index contributed by atoms with van der Waals surface area (Å²) in [5.41, 5.74) is 5.16. The number of carbonyl (C=O) groups excluding carboxylic acids is 4. The monoisotopic (exact) mass is 1350 g/mol. The second kappa shape index (κ2) is 26.0. The van der Waals surface area contributed by atoms with E-state index >= 15 is 19.2 Å². The average molecular weight is 1350 g/mol. The first-order chi connectivity index (χ1) is 46.5. The van der Waals surface area contributed by atoms with Crippen LogP contribution in [0.2, 0.25) is 0 Å². The SMILES string of the molecule is CCC(CC)N1C(=O)c2cc(Oc3ccc(C(C)(C)CC(C)(C)C)cc3)c3c4c(Oc5ccc(C(C)(C)CC(C)(C)C)cc5)cc5c6c(cc(Oc7ccc(C(C)(C)CC(C)(C)C)cc7)c(c7c(Oc8ccc(C(C)(C)CC(C)(C)C)cc8)cc(c2c37)C1=O)c64)C(=O)N(C(CC)CC)C5=O. The van der Waals surface area contributed by atoms with Crippen molar-refractivity contribution in [3.63, 3.8) is 0 Å². The van der Waals surface area contributed by atoms with Gasteiger partial charge in [-0.15, -0.1) is 0 Å². The number of carbonyl (C=O) groups is 4. The molecule has 0 aliphatic carbocycles. The third-order valence-corrected chi connectivity index (χ3v) is 20.9. The van der Waals surface area contributed by atoms with Gasteiger partial charge in [0.25, 0.3) is 23.6 Å². The molecule has 9 aromatic rings. The molecule has 0 bridgehead atoms. The van der Waals surface area contributed by atoms with Gasteiger partial charge in [-0.3, -0.25) is 29.0 Å². The number of ether oxygens (including phenoxy) is 4. The summed E-state index contributed by atoms with van der Waals surface area (Å²) in [6.07, 6.45) is 5.85. The Kier molecular flexibility index (Phi) is 19.0. The zero-order chi connectivity index (χ0) is 73.1. The molecule has 2 aliphatic heterocycles. The van der Waals surface area contributed by atoms with Crippen LogP contribution in [0.5, 0.6) is 46.0 Å². The molecule has 0 fully saturated rings. The molecule has 100 heavy (non-hydrogen) atoms. The first-order valence-electron chi connectivity index (χ1n) is 36.7. The molecule has 0 unspecified atom stereocenters. The highest BCUT2D eigenvalue weighted by Gasteiger charge is 2.44. The van der Waals surface area contributed by atoms with E-state index < -0.39 is 35.7 Å². The summed E-state index contributed by atoms with van der Waals surface area (Å²) in [6, 6.07) is 39.2. The molecule has 11 rings (SSSR count). The number of hydrogen-bond acceptors (Lipinski definition) is 8. The Hall–Kier alpha value is -8.24. The third kappa shape index (κ3) is 14.1. The van der Waals surface area contributed by atoms with Crippen molar-refractivity contribution in [3.8, 4) is 46.0 Å². The van der Waals surface area contributed by atoms with Gasteiger partial charge in [0, 0.05) is 55.2 Å². The van der Waals surface area contributed by atoms with Crippen molar-refractivity contribution < 1.29 is 38.1 Å². The molecule has 0 saturated carbocycles. The van der Waals surface area contributed by atoms with E-state index in [9.17, 15) is 0 Å². The van der Waals surface area contributed by atoms with Gasteiger partial charge in [-0.2, -0.15) is 0 Å². The number of imide groups is 2. The topological polar surface area (TPSA) is 112 Å². The lowest BCUT2D eigenvalue weighted by Crippen LogP contribution is -2.46. The number of benzene rings is 9. The minimum absolute atomic E-state index is 0.0534. The summed E-state index contributed by atoms with van der Waals surface area (Å²) in [4.78, 5) is 66.8. The van der Waals surface area contributed by atoms with Crippen LogP contribution in [0, 0.1) is 21.7 Å². The molecular formula is C90H110N2O8. The summed E-state index contributed by atoms with van der Waals surface area (Å²) in [5.74, 6) is 1.43. The van der Waals surface area contributed by atoms with E-state index in [1.54, 1.807) is 24.3 Å². The van der Waals surface area contributed by atoms with Crippen LogP contribution >= 0.6 is 0 Å². The Morgan fingerprint density at radius 2 is 0.450 bits per heavy atom. The molecule has 0 atom stereocenters. The van der Waals surface area contributed by atoms with E-state index in [1.165, 1.54) is 9.80 Å². The molecule has 0 radical (unpaired) electrons. The number of fused-ring (bicyclic) bond motifs is 2. The summed E-state index contributed by atoms with van der Waals surface area (Å²) in [5, 5.41) is 3.77. The Morgan fingerprint density at radius 3 is 0.610 bits per heavy atom. The van der Waals surface area contributed by atoms with Crippen molar-refractivity contribution in [1.29, 1.82) is 0 Å². The van der Waals surface area contributed by atoms with Crippen molar-refractivity contribution in [3.05, 3.63) is 166 Å². The van der Waals surface area contributed by atoms with Crippen LogP contribution < -0.4 is 18.9 Å². The molecule has 0 N–H and O–H groups in total. The summed E-state index contributed by atoms with van der Waals surface area (Å²) in [7, 11) is 0. The lowest BCUT2D eigenvalue weighted by molar-refractivity contribution is 0.0514. The predicted octanol–water partition coefficient (Wildman–Crippen LogP) is 25.3. The van der Waals surface area contributed by atoms with E-state index in [0.29, 0.717) is 115 Å². The zero-order valence-corrected chi connectivity index (χ0v) is 64.5. The van der Waals surface area contributed by atoms with Gasteiger partial charge in [-0.25, -0.2) is 0 Å². The predicted molar refractivity (Wildman–Crippen MR) is 412 cm³/mol. The average Bonchev–Trinajstić information content (AvgIpc) is 0.671. The second-order valence-electron chi connectivity index (χ2n) is 36.6. The quantitative estimate of drug-likeness (QED) is 0.0375. The Morgan fingerprint density at radius 1 is 0.270 bits per heavy atom. The first kappa shape index (κ1) is 73.0. The van der Waals surface area contributed by atoms with E-state index in [2.05, 4.69) is 187 Å². The van der Waals surface area contributed by atoms with Gasteiger partial charge in [-0.1, -0.05) is 215 Å². The molecule has 10 nitrogen and oxygen atoms in total. The molecule has 4 amide bonds. The van der Waals surface area contributed by atoms with Gasteiger partial charge in [0.1, 0.15) is 46.0 Å². The van der Waals surface area contributed by atoms with Gasteiger partial charge in [0.2, 0.25) is 0 Å². The molecular weight excluding hydrogens is 1240 g/mol. The third-order valence-electron chi connectivity index (χ3n) is 20.9. The van der Waals surface area contributed by atoms with Gasteiger partial charge < -0.3 is 18.9 Å². The van der Waals surface area contributed by atoms with Crippen molar-refractivity contribution >= 4 is 66.7 Å². The lowest BCUT2D eigenvalue weighted by atomic mass is 9.72. The Labute approximate surface area is 596 Å². The smallest absolute Gasteiger partial charge is 0.261 e. The Bertz CT molecular complexity index is 4050. The van der Waals surface area contributed by atoms with Crippen LogP contribution in [-0.4, -0.2) is 45.5 Å². The van der Waals surface area contributed by atoms with Crippen molar-refractivity contribution in [2.24, 2.45) is 21.7 Å². The molecule has 2 aliphatic rings. The van der Waals surface area contributed by atoms with Gasteiger partial charge in [0.05, 0.1) is 22.3 Å². The standard InChI is InChI=1S/C90H110N2O8/c1-25-57(26-2)91-79(93)63-45-67(97-59-37-29-53(30-38-59)87(17,18)49-83(5,6)7)73-75-69(99-61-41-33-55(34-42-61)89(21,22)51-85(11,12)13)47-65-72-66(82(96)92(81(65)95)58(27-3)28-4)48-70(100-62-43-35-56(36-44-62)90(23,24)52-86(14,15)16)76(78(72)75)74-68(46-64(80(91)94)71(63)77(73)74)98-60-39-31-54(32-40-60)88(19,20)50-84(8,9)10/h29-48,57-58H,25-28,49-52H2,1-24H3. The van der Waals surface area contributed by atoms with Crippen molar-refractivity contribution in [2.45, 2.75) is 251 Å². The molecule has 0 spiro atoms. The molecule has 9 aromatic carbocycles. The zero-order valence-electron chi connectivity index (χ0n) is 64.5. The van der Waals surface area contributed by atoms with Crippen LogP contribution in [0.25, 0.3) is 43.1 Å². The molecule has 528 valence electrons. The molecule has 0 aromatic heterocycles. The number of hydrogen-bond donors (Lipinski definition) is 0. The summed E-state index contributed by atoms with van der Waals surface area (Å²) >= 11 is 0. The maximum atomic E-state index is 16.0. The normalized spacial score (nSPS) is 14.5. The fourth-order valence-electron chi connectivity index (χ4n) is 18.0. The van der Waals surface area contributed by atoms with Crippen molar-refractivity contribution in [2.75, 3.05) is 0 Å². The van der Waals surface area contributed by atoms with Crippen LogP contribution in [0.3, 0.4) is 0 Å². The van der Waals surface area contributed by atoms with Gasteiger partial charge in [0.15, 0.2) is 0 Å². The van der Waals surface area contributed by atoms with Crippen LogP contribution in [0.1, 0.15) is 281 Å². The largest absolute Gasteiger partial charge is 0.457 e. The van der Waals surface area contributed by atoms with Crippen LogP contribution in [0.4, 0.5) is 0 Å². The van der Waals surface area contributed by atoms with Gasteiger partial charge >= 0.3 is 0 Å². The second-order valence-corrected chi connectivity index (χ2v) is 36.6. The fourth-order valence-corrected chi connectivity index (χ4v) is 18.0. The fraction of sp³-hybridized carbons (Fsp3) is 0.467. The maximum Gasteiger partial charge on any atom is 0.261 e. The first-order valence-corrected chi connectivity index (χ1v) is 36.7. The minimum Gasteiger partial charge on any atom is -0.457 e.